The molecule has 0 radical (unpaired) electrons. The molecular weight excluding hydrogens is 250 g/mol. The molecule has 0 atom stereocenters. The Balaban J connectivity index is 0. The molecule has 0 bridgehead atoms. The summed E-state index contributed by atoms with van der Waals surface area (Å²) in [6.45, 7) is 4.75. The first-order valence-electron chi connectivity index (χ1n) is 0.509. The van der Waals surface area contributed by atoms with Crippen LogP contribution < -0.4 is 0 Å². The Morgan fingerprint density at radius 2 is 1.80 bits per heavy atom. The third-order valence-corrected chi connectivity index (χ3v) is 0. The number of hydrogen-bond donors (Lipinski definition) is 1. The van der Waals surface area contributed by atoms with E-state index in [1.54, 1.807) is 0 Å². The molecule has 0 rings (SSSR count). The van der Waals surface area contributed by atoms with E-state index < -0.39 is 18.0 Å². The summed E-state index contributed by atoms with van der Waals surface area (Å²) < 4.78 is 15.8. The molecule has 0 aromatic carbocycles. The molecule has 5 heavy (non-hydrogen) atoms. The van der Waals surface area contributed by atoms with E-state index in [1.807, 2.05) is 0 Å². The van der Waals surface area contributed by atoms with Crippen LogP contribution in [0.15, 0.2) is 0 Å². The van der Waals surface area contributed by atoms with Gasteiger partial charge in [-0.25, -0.2) is 0 Å². The van der Waals surface area contributed by atoms with Gasteiger partial charge < -0.3 is 11.8 Å². The molecule has 0 spiro atoms. The normalized spacial score (nSPS) is 4.60. The van der Waals surface area contributed by atoms with Crippen LogP contribution in [0.5, 0.6) is 0 Å². The maximum absolute atomic E-state index is 8.61. The second kappa shape index (κ2) is 40.5. The molecule has 0 aromatic heterocycles. The first-order valence-corrected chi connectivity index (χ1v) is 2.56. The number of rotatable bonds is 0. The fourth-order valence-corrected chi connectivity index (χ4v) is 0. The van der Waals surface area contributed by atoms with Gasteiger partial charge in [0.05, 0.1) is 0 Å². The summed E-state index contributed by atoms with van der Waals surface area (Å²) >= 11 is -1.75. The molecule has 0 unspecified atom stereocenters. The average molecular weight is 251 g/mol. The van der Waals surface area contributed by atoms with Gasteiger partial charge in [0.15, 0.2) is 0 Å². The molecule has 0 heterocycles. The topological polar surface area (TPSA) is 61.1 Å². The van der Waals surface area contributed by atoms with Gasteiger partial charge in [-0.05, 0) is 0 Å². The monoisotopic (exact) mass is 252 g/mol. The van der Waals surface area contributed by atoms with Crippen LogP contribution in [0, 0.1) is 11.8 Å². The summed E-state index contributed by atoms with van der Waals surface area (Å²) in [5, 5.41) is 6.25. The molecule has 0 aromatic rings. The van der Waals surface area contributed by atoms with Gasteiger partial charge in [-0.3, -0.25) is 0 Å². The van der Waals surface area contributed by atoms with Crippen molar-refractivity contribution in [3.8, 4) is 0 Å². The first-order chi connectivity index (χ1) is 2.41. The summed E-state index contributed by atoms with van der Waals surface area (Å²) in [6.07, 6.45) is 0. The number of hydrogen-bond acceptors (Lipinski definition) is 2. The van der Waals surface area contributed by atoms with Gasteiger partial charge in [0.1, 0.15) is 0 Å². The molecule has 32 valence electrons. The van der Waals surface area contributed by atoms with Crippen molar-refractivity contribution in [3.05, 3.63) is 6.57 Å². The van der Waals surface area contributed by atoms with E-state index in [0.717, 1.165) is 0 Å². The molecular formula is CHIrNO2-. The molecule has 0 saturated heterocycles. The fraction of sp³-hybridized carbons (Fsp3) is 0. The minimum atomic E-state index is -1.75. The predicted molar refractivity (Wildman–Crippen MR) is 7.87 cm³/mol. The van der Waals surface area contributed by atoms with Gasteiger partial charge in [-0.15, -0.1) is 0 Å². The van der Waals surface area contributed by atoms with Gasteiger partial charge in [0.25, 0.3) is 0 Å². The Bertz CT molecular complexity index is 33.9. The molecule has 0 fully saturated rings. The van der Waals surface area contributed by atoms with Crippen molar-refractivity contribution in [3.63, 3.8) is 0 Å². The zero-order chi connectivity index (χ0) is 4.71. The Labute approximate surface area is 37.9 Å². The van der Waals surface area contributed by atoms with E-state index in [-0.39, 0.29) is 0 Å². The van der Waals surface area contributed by atoms with Crippen molar-refractivity contribution in [2.45, 2.75) is 0 Å². The summed E-state index contributed by atoms with van der Waals surface area (Å²) in [7, 11) is 0. The summed E-state index contributed by atoms with van der Waals surface area (Å²) in [5.74, 6) is 0. The third-order valence-electron chi connectivity index (χ3n) is 0. The third kappa shape index (κ3) is 1390. The SMILES string of the molecule is [C-]#N.[O]=[Ir][OH]. The van der Waals surface area contributed by atoms with Crippen molar-refractivity contribution in [2.75, 3.05) is 0 Å². The van der Waals surface area contributed by atoms with Crippen molar-refractivity contribution in [2.24, 2.45) is 0 Å². The summed E-state index contributed by atoms with van der Waals surface area (Å²) in [5.41, 5.74) is 0. The van der Waals surface area contributed by atoms with Gasteiger partial charge in [0, 0.05) is 0 Å². The second-order valence-electron chi connectivity index (χ2n) is 0.0609. The zero-order valence-electron chi connectivity index (χ0n) is 2.14. The maximum atomic E-state index is 8.61. The number of nitrogens with zero attached hydrogens (tertiary/aromatic N) is 1. The van der Waals surface area contributed by atoms with Gasteiger partial charge in [-0.1, -0.05) is 0 Å². The molecule has 0 aliphatic rings. The van der Waals surface area contributed by atoms with Crippen LogP contribution in [0.25, 0.3) is 0 Å². The van der Waals surface area contributed by atoms with E-state index in [0.29, 0.717) is 0 Å². The van der Waals surface area contributed by atoms with Crippen molar-refractivity contribution in [1.29, 1.82) is 5.26 Å². The van der Waals surface area contributed by atoms with Crippen LogP contribution in [-0.2, 0) is 21.5 Å². The molecule has 4 heteroatoms. The van der Waals surface area contributed by atoms with Gasteiger partial charge in [-0.2, -0.15) is 0 Å². The average Bonchev–Trinajstić information content (AvgIpc) is 1.46. The Kier molecular flexibility index (Phi) is 71.8. The van der Waals surface area contributed by atoms with Crippen molar-refractivity contribution < 1.29 is 25.4 Å². The summed E-state index contributed by atoms with van der Waals surface area (Å²) in [6, 6.07) is 0. The van der Waals surface area contributed by atoms with E-state index in [4.69, 9.17) is 19.2 Å². The molecule has 1 N–H and O–H groups in total. The second-order valence-corrected chi connectivity index (χ2v) is 0.498. The molecule has 0 aliphatic heterocycles. The molecule has 3 nitrogen and oxygen atoms in total. The molecule has 0 saturated carbocycles. The van der Waals surface area contributed by atoms with Crippen LogP contribution in [0.4, 0.5) is 0 Å². The molecule has 0 amide bonds. The van der Waals surface area contributed by atoms with Crippen LogP contribution in [0.3, 0.4) is 0 Å². The Morgan fingerprint density at radius 3 is 1.80 bits per heavy atom. The standard InChI is InChI=1S/CN.Ir.H2O.O/c1-2;;;/h;;1H2;/q-1;+1;;/p-1. The van der Waals surface area contributed by atoms with Crippen LogP contribution >= 0.6 is 0 Å². The summed E-state index contributed by atoms with van der Waals surface area (Å²) in [4.78, 5) is 0. The molecule has 0 aliphatic carbocycles. The van der Waals surface area contributed by atoms with Crippen LogP contribution in [0.1, 0.15) is 0 Å². The van der Waals surface area contributed by atoms with Crippen LogP contribution in [0.2, 0.25) is 0 Å². The predicted octanol–water partition coefficient (Wildman–Crippen LogP) is -0.582. The van der Waals surface area contributed by atoms with Gasteiger partial charge in [0.2, 0.25) is 0 Å². The van der Waals surface area contributed by atoms with E-state index in [2.05, 4.69) is 0 Å². The van der Waals surface area contributed by atoms with Crippen LogP contribution in [-0.4, -0.2) is 3.86 Å². The van der Waals surface area contributed by atoms with E-state index in [9.17, 15) is 0 Å². The van der Waals surface area contributed by atoms with E-state index in [1.165, 1.54) is 0 Å². The Hall–Kier alpha value is -0.101. The quantitative estimate of drug-likeness (QED) is 0.586. The first kappa shape index (κ1) is 8.86. The van der Waals surface area contributed by atoms with Crippen molar-refractivity contribution in [1.82, 2.24) is 0 Å². The zero-order valence-corrected chi connectivity index (χ0v) is 4.53. The van der Waals surface area contributed by atoms with E-state index >= 15 is 0 Å². The fourth-order valence-electron chi connectivity index (χ4n) is 0. The minimum absolute atomic E-state index is 1.75. The van der Waals surface area contributed by atoms with Crippen molar-refractivity contribution >= 4 is 0 Å². The Morgan fingerprint density at radius 1 is 1.80 bits per heavy atom. The van der Waals surface area contributed by atoms with Gasteiger partial charge >= 0.3 is 25.4 Å².